The van der Waals surface area contributed by atoms with Crippen LogP contribution in [0.3, 0.4) is 0 Å². The van der Waals surface area contributed by atoms with Crippen LogP contribution in [0.15, 0.2) is 61.1 Å². The lowest BCUT2D eigenvalue weighted by Gasteiger charge is -2.41. The van der Waals surface area contributed by atoms with Crippen LogP contribution in [0.4, 0.5) is 5.69 Å². The molecule has 184 valence electrons. The molecule has 2 aromatic carbocycles. The summed E-state index contributed by atoms with van der Waals surface area (Å²) in [4.78, 5) is 44.3. The van der Waals surface area contributed by atoms with Crippen molar-refractivity contribution < 1.29 is 9.59 Å². The fourth-order valence-corrected chi connectivity index (χ4v) is 8.29. The van der Waals surface area contributed by atoms with Crippen molar-refractivity contribution >= 4 is 40.0 Å². The van der Waals surface area contributed by atoms with E-state index in [1.807, 2.05) is 49.4 Å². The third-order valence-corrected chi connectivity index (χ3v) is 9.51. The van der Waals surface area contributed by atoms with E-state index in [4.69, 9.17) is 0 Å². The summed E-state index contributed by atoms with van der Waals surface area (Å²) in [7, 11) is 1.74. The third-order valence-electron chi connectivity index (χ3n) is 8.47. The molecule has 0 saturated carbocycles. The van der Waals surface area contributed by atoms with Crippen LogP contribution in [-0.2, 0) is 10.3 Å². The zero-order chi connectivity index (χ0) is 25.5. The van der Waals surface area contributed by atoms with Gasteiger partial charge in [0, 0.05) is 71.0 Å². The Morgan fingerprint density at radius 1 is 1.24 bits per heavy atom. The summed E-state index contributed by atoms with van der Waals surface area (Å²) in [5, 5.41) is 12.0. The predicted octanol–water partition coefficient (Wildman–Crippen LogP) is 3.94. The minimum absolute atomic E-state index is 0.228. The Morgan fingerprint density at radius 3 is 2.86 bits per heavy atom. The number of likely N-dealkylation sites (N-methyl/N-ethyl adjacent to an activating group) is 1. The van der Waals surface area contributed by atoms with Crippen LogP contribution in [-0.4, -0.2) is 56.3 Å². The number of imidazole rings is 1. The number of aromatic nitrogens is 3. The van der Waals surface area contributed by atoms with Crippen molar-refractivity contribution in [3.63, 3.8) is 0 Å². The smallest absolute Gasteiger partial charge is 0.254 e. The van der Waals surface area contributed by atoms with Gasteiger partial charge in [0.15, 0.2) is 16.7 Å². The van der Waals surface area contributed by atoms with Crippen LogP contribution in [0.2, 0.25) is 0 Å². The summed E-state index contributed by atoms with van der Waals surface area (Å²) in [6.07, 6.45) is 5.04. The number of para-hydroxylation sites is 1. The number of rotatable bonds is 3. The predicted molar refractivity (Wildman–Crippen MR) is 141 cm³/mol. The van der Waals surface area contributed by atoms with Crippen LogP contribution in [0, 0.1) is 23.7 Å². The Kier molecular flexibility index (Phi) is 4.57. The van der Waals surface area contributed by atoms with Gasteiger partial charge >= 0.3 is 0 Å². The van der Waals surface area contributed by atoms with E-state index < -0.39 is 16.9 Å². The molecule has 37 heavy (non-hydrogen) atoms. The molecule has 5 heterocycles. The van der Waals surface area contributed by atoms with E-state index in [2.05, 4.69) is 25.9 Å². The molecule has 3 aliphatic rings. The molecule has 3 aliphatic heterocycles. The third kappa shape index (κ3) is 2.49. The fraction of sp³-hybridized carbons (Fsp3) is 0.286. The number of anilines is 1. The van der Waals surface area contributed by atoms with Crippen molar-refractivity contribution in [3.8, 4) is 6.07 Å². The molecule has 4 atom stereocenters. The highest BCUT2D eigenvalue weighted by molar-refractivity contribution is 7.99. The molecule has 0 bridgehead atoms. The van der Waals surface area contributed by atoms with E-state index in [1.54, 1.807) is 42.3 Å². The summed E-state index contributed by atoms with van der Waals surface area (Å²) in [5.74, 6) is 0.553. The molecular formula is C28H24N6O2S. The number of Topliss-reactive ketones (excluding diaryl/α,β-unsaturated/α-hetero) is 1. The maximum Gasteiger partial charge on any atom is 0.254 e. The number of carbonyl (C=O) groups excluding carboxylic acids is 2. The number of nitriles is 1. The Morgan fingerprint density at radius 2 is 2.08 bits per heavy atom. The molecule has 0 aliphatic carbocycles. The maximum absolute atomic E-state index is 15.0. The fourth-order valence-electron chi connectivity index (χ4n) is 6.99. The molecule has 2 N–H and O–H groups in total. The van der Waals surface area contributed by atoms with E-state index in [-0.39, 0.29) is 17.7 Å². The highest BCUT2D eigenvalue weighted by Crippen LogP contribution is 2.68. The van der Waals surface area contributed by atoms with Gasteiger partial charge in [0.2, 0.25) is 0 Å². The molecule has 0 radical (unpaired) electrons. The number of amides is 1. The first-order valence-electron chi connectivity index (χ1n) is 12.2. The van der Waals surface area contributed by atoms with Gasteiger partial charge in [0.05, 0.1) is 12.0 Å². The number of carbonyl (C=O) groups is 2. The molecular weight excluding hydrogens is 484 g/mol. The number of nitrogens with one attached hydrogen (secondary N) is 2. The number of thioether (sulfide) groups is 1. The quantitative estimate of drug-likeness (QED) is 0.406. The number of aryl methyl sites for hydroxylation is 1. The lowest BCUT2D eigenvalue weighted by Crippen LogP contribution is -2.60. The van der Waals surface area contributed by atoms with E-state index in [0.717, 1.165) is 27.7 Å². The van der Waals surface area contributed by atoms with Gasteiger partial charge in [-0.2, -0.15) is 5.26 Å². The van der Waals surface area contributed by atoms with Gasteiger partial charge in [0.1, 0.15) is 5.82 Å². The minimum Gasteiger partial charge on any atom is -0.360 e. The highest BCUT2D eigenvalue weighted by Gasteiger charge is 2.80. The Bertz CT molecular complexity index is 1640. The molecule has 2 fully saturated rings. The van der Waals surface area contributed by atoms with E-state index in [9.17, 15) is 10.1 Å². The average molecular weight is 509 g/mol. The second-order valence-corrected chi connectivity index (χ2v) is 11.1. The monoisotopic (exact) mass is 508 g/mol. The summed E-state index contributed by atoms with van der Waals surface area (Å²) in [5.41, 5.74) is 0.401. The Labute approximate surface area is 217 Å². The standard InChI is InChI=1S/C28H24N6O2S/c1-16-7-8-21-19(11-16)28(26(36)33(21)2)27(14-29,24(35)18-12-32-20-6-4-3-5-17(18)20)23(25-30-9-10-31-25)22-13-37-15-34(22)28/h3-12,22-23,32H,13,15H2,1-2H3,(H,30,31). The lowest BCUT2D eigenvalue weighted by atomic mass is 9.59. The van der Waals surface area contributed by atoms with Gasteiger partial charge in [-0.1, -0.05) is 35.9 Å². The average Bonchev–Trinajstić information content (AvgIpc) is 3.72. The molecule has 8 nitrogen and oxygen atoms in total. The SMILES string of the molecule is Cc1ccc2c(c1)C1(C(=O)N2C)N2CSCC2C(c2ncc[nH]2)C1(C#N)C(=O)c1c[nH]c2ccccc12. The van der Waals surface area contributed by atoms with Crippen LogP contribution in [0.1, 0.15) is 33.2 Å². The van der Waals surface area contributed by atoms with Gasteiger partial charge in [-0.3, -0.25) is 14.5 Å². The number of benzene rings is 2. The minimum atomic E-state index is -1.76. The molecule has 7 rings (SSSR count). The summed E-state index contributed by atoms with van der Waals surface area (Å²) in [6.45, 7) is 1.97. The number of nitrogens with zero attached hydrogens (tertiary/aromatic N) is 4. The maximum atomic E-state index is 15.0. The molecule has 1 spiro atoms. The number of ketones is 1. The van der Waals surface area contributed by atoms with E-state index in [1.165, 1.54) is 0 Å². The summed E-state index contributed by atoms with van der Waals surface area (Å²) < 4.78 is 0. The van der Waals surface area contributed by atoms with Crippen LogP contribution in [0.5, 0.6) is 0 Å². The van der Waals surface area contributed by atoms with Crippen molar-refractivity contribution in [1.82, 2.24) is 19.9 Å². The number of hydrogen-bond donors (Lipinski definition) is 2. The Balaban J connectivity index is 1.61. The molecule has 2 saturated heterocycles. The second-order valence-electron chi connectivity index (χ2n) is 10.1. The van der Waals surface area contributed by atoms with Crippen LogP contribution in [0.25, 0.3) is 10.9 Å². The largest absolute Gasteiger partial charge is 0.360 e. The van der Waals surface area contributed by atoms with E-state index >= 15 is 4.79 Å². The van der Waals surface area contributed by atoms with E-state index in [0.29, 0.717) is 23.0 Å². The molecule has 2 aromatic heterocycles. The number of hydrogen-bond acceptors (Lipinski definition) is 6. The van der Waals surface area contributed by atoms with Crippen molar-refractivity contribution in [3.05, 3.63) is 83.6 Å². The van der Waals surface area contributed by atoms with Gasteiger partial charge in [0.25, 0.3) is 5.91 Å². The van der Waals surface area contributed by atoms with Crippen molar-refractivity contribution in [2.75, 3.05) is 23.6 Å². The molecule has 1 amide bonds. The number of aromatic amines is 2. The Hall–Kier alpha value is -3.87. The lowest BCUT2D eigenvalue weighted by molar-refractivity contribution is -0.131. The number of H-pyrrole nitrogens is 2. The normalized spacial score (nSPS) is 28.7. The summed E-state index contributed by atoms with van der Waals surface area (Å²) in [6, 6.07) is 15.7. The first kappa shape index (κ1) is 22.3. The van der Waals surface area contributed by atoms with Gasteiger partial charge < -0.3 is 14.9 Å². The molecule has 9 heteroatoms. The second kappa shape index (κ2) is 7.57. The zero-order valence-corrected chi connectivity index (χ0v) is 21.2. The molecule has 4 aromatic rings. The first-order valence-corrected chi connectivity index (χ1v) is 13.4. The number of fused-ring (bicyclic) bond motifs is 5. The van der Waals surface area contributed by atoms with Gasteiger partial charge in [-0.25, -0.2) is 4.98 Å². The zero-order valence-electron chi connectivity index (χ0n) is 20.4. The van der Waals surface area contributed by atoms with Crippen LogP contribution >= 0.6 is 11.8 Å². The van der Waals surface area contributed by atoms with Crippen molar-refractivity contribution in [2.24, 2.45) is 5.41 Å². The topological polar surface area (TPSA) is 109 Å². The highest BCUT2D eigenvalue weighted by atomic mass is 32.2. The van der Waals surface area contributed by atoms with Crippen molar-refractivity contribution in [1.29, 1.82) is 5.26 Å². The summed E-state index contributed by atoms with van der Waals surface area (Å²) >= 11 is 1.72. The first-order chi connectivity index (χ1) is 18.0. The van der Waals surface area contributed by atoms with Gasteiger partial charge in [-0.15, -0.1) is 11.8 Å². The molecule has 4 unspecified atom stereocenters. The van der Waals surface area contributed by atoms with Gasteiger partial charge in [-0.05, 0) is 19.1 Å². The van der Waals surface area contributed by atoms with Crippen LogP contribution < -0.4 is 4.90 Å². The van der Waals surface area contributed by atoms with Crippen molar-refractivity contribution in [2.45, 2.75) is 24.4 Å².